The van der Waals surface area contributed by atoms with Crippen LogP contribution in [-0.4, -0.2) is 29.5 Å². The van der Waals surface area contributed by atoms with Crippen molar-refractivity contribution in [3.05, 3.63) is 28.8 Å². The number of halogens is 1. The lowest BCUT2D eigenvalue weighted by Gasteiger charge is -2.68. The molecule has 2 fully saturated rings. The first-order valence-corrected chi connectivity index (χ1v) is 11.9. The summed E-state index contributed by atoms with van der Waals surface area (Å²) >= 11 is 4.00. The Balaban J connectivity index is 1.72. The molecule has 1 N–H and O–H groups in total. The monoisotopic (exact) mass is 461 g/mol. The molecule has 1 amide bonds. The molecule has 1 aromatic carbocycles. The molecule has 29 heavy (non-hydrogen) atoms. The van der Waals surface area contributed by atoms with E-state index in [0.717, 1.165) is 29.7 Å². The predicted molar refractivity (Wildman–Crippen MR) is 117 cm³/mol. The first kappa shape index (κ1) is 19.9. The summed E-state index contributed by atoms with van der Waals surface area (Å²) in [5, 5.41) is 2.99. The number of rotatable bonds is 1. The van der Waals surface area contributed by atoms with Gasteiger partial charge in [-0.05, 0) is 42.2 Å². The van der Waals surface area contributed by atoms with Gasteiger partial charge in [-0.15, -0.1) is 0 Å². The second kappa shape index (κ2) is 6.23. The largest absolute Gasteiger partial charge is 0.486 e. The van der Waals surface area contributed by atoms with E-state index in [2.05, 4.69) is 55.0 Å². The molecular weight excluding hydrogens is 430 g/mol. The minimum atomic E-state index is -0.285. The summed E-state index contributed by atoms with van der Waals surface area (Å²) in [4.78, 5) is 12.6. The lowest BCUT2D eigenvalue weighted by Crippen LogP contribution is -2.72. The number of methoxy groups -OCH3 is 1. The van der Waals surface area contributed by atoms with E-state index >= 15 is 0 Å². The highest BCUT2D eigenvalue weighted by atomic mass is 79.9. The fourth-order valence-corrected chi connectivity index (χ4v) is 7.86. The van der Waals surface area contributed by atoms with Crippen LogP contribution in [0.15, 0.2) is 12.1 Å². The maximum Gasteiger partial charge on any atom is 0.252 e. The summed E-state index contributed by atoms with van der Waals surface area (Å²) in [5.41, 5.74) is 2.88. The van der Waals surface area contributed by atoms with Gasteiger partial charge >= 0.3 is 0 Å². The Kier molecular flexibility index (Phi) is 4.27. The van der Waals surface area contributed by atoms with Gasteiger partial charge in [0.15, 0.2) is 0 Å². The second-order valence-corrected chi connectivity index (χ2v) is 11.6. The first-order chi connectivity index (χ1) is 13.7. The van der Waals surface area contributed by atoms with E-state index in [1.165, 1.54) is 18.4 Å². The van der Waals surface area contributed by atoms with Crippen molar-refractivity contribution in [2.45, 2.75) is 76.5 Å². The van der Waals surface area contributed by atoms with Crippen molar-refractivity contribution >= 4 is 21.8 Å². The Morgan fingerprint density at radius 3 is 2.72 bits per heavy atom. The van der Waals surface area contributed by atoms with Gasteiger partial charge in [0.2, 0.25) is 0 Å². The number of carbonyl (C=O) groups is 1. The number of hydrogen-bond acceptors (Lipinski definition) is 3. The third-order valence-corrected chi connectivity index (χ3v) is 10.9. The van der Waals surface area contributed by atoms with Crippen LogP contribution in [0, 0.1) is 22.7 Å². The van der Waals surface area contributed by atoms with E-state index in [1.54, 1.807) is 0 Å². The molecule has 4 aliphatic rings. The van der Waals surface area contributed by atoms with Crippen LogP contribution in [0.25, 0.3) is 0 Å². The van der Waals surface area contributed by atoms with E-state index < -0.39 is 0 Å². The first-order valence-electron chi connectivity index (χ1n) is 10.9. The van der Waals surface area contributed by atoms with E-state index in [4.69, 9.17) is 9.47 Å². The summed E-state index contributed by atoms with van der Waals surface area (Å²) < 4.78 is 13.2. The van der Waals surface area contributed by atoms with Gasteiger partial charge in [0.25, 0.3) is 5.91 Å². The van der Waals surface area contributed by atoms with Crippen LogP contribution < -0.4 is 10.1 Å². The molecule has 0 bridgehead atoms. The third-order valence-electron chi connectivity index (χ3n) is 9.10. The molecule has 5 rings (SSSR count). The minimum absolute atomic E-state index is 0.0186. The molecule has 2 aliphatic carbocycles. The Bertz CT molecular complexity index is 883. The molecule has 158 valence electrons. The summed E-state index contributed by atoms with van der Waals surface area (Å²) in [7, 11) is 1.83. The molecule has 1 spiro atoms. The van der Waals surface area contributed by atoms with Crippen LogP contribution in [0.5, 0.6) is 5.75 Å². The molecule has 2 saturated carbocycles. The number of amides is 1. The smallest absolute Gasteiger partial charge is 0.252 e. The van der Waals surface area contributed by atoms with Crippen LogP contribution in [0.1, 0.15) is 68.4 Å². The van der Waals surface area contributed by atoms with Gasteiger partial charge in [0, 0.05) is 47.4 Å². The molecular formula is C24H32BrNO3. The average Bonchev–Trinajstić information content (AvgIpc) is 3.06. The second-order valence-electron chi connectivity index (χ2n) is 10.6. The molecule has 2 heterocycles. The zero-order chi connectivity index (χ0) is 20.8. The van der Waals surface area contributed by atoms with Crippen molar-refractivity contribution in [3.63, 3.8) is 0 Å². The van der Waals surface area contributed by atoms with E-state index in [9.17, 15) is 4.79 Å². The molecule has 4 nitrogen and oxygen atoms in total. The molecule has 0 radical (unpaired) electrons. The van der Waals surface area contributed by atoms with Crippen LogP contribution in [0.4, 0.5) is 0 Å². The number of ether oxygens (including phenoxy) is 2. The fourth-order valence-electron chi connectivity index (χ4n) is 7.13. The molecule has 5 heteroatoms. The molecule has 0 aromatic heterocycles. The molecule has 0 unspecified atom stereocenters. The van der Waals surface area contributed by atoms with Gasteiger partial charge in [0.05, 0.1) is 6.10 Å². The van der Waals surface area contributed by atoms with Crippen LogP contribution in [0.2, 0.25) is 0 Å². The number of alkyl halides is 1. The van der Waals surface area contributed by atoms with Crippen molar-refractivity contribution in [3.8, 4) is 5.75 Å². The number of carbonyl (C=O) groups excluding carboxylic acids is 1. The van der Waals surface area contributed by atoms with Gasteiger partial charge in [-0.2, -0.15) is 0 Å². The molecule has 0 saturated heterocycles. The number of fused-ring (bicyclic) bond motifs is 3. The zero-order valence-corrected chi connectivity index (χ0v) is 19.7. The van der Waals surface area contributed by atoms with E-state index in [1.807, 2.05) is 13.2 Å². The Hall–Kier alpha value is -1.07. The van der Waals surface area contributed by atoms with Gasteiger partial charge < -0.3 is 14.8 Å². The van der Waals surface area contributed by atoms with Crippen molar-refractivity contribution < 1.29 is 14.3 Å². The summed E-state index contributed by atoms with van der Waals surface area (Å²) in [6.45, 7) is 10.2. The third kappa shape index (κ3) is 2.38. The van der Waals surface area contributed by atoms with Crippen LogP contribution in [0.3, 0.4) is 0 Å². The van der Waals surface area contributed by atoms with Gasteiger partial charge in [-0.1, -0.05) is 49.7 Å². The summed E-state index contributed by atoms with van der Waals surface area (Å²) in [6.07, 6.45) is 4.39. The average molecular weight is 462 g/mol. The van der Waals surface area contributed by atoms with Crippen molar-refractivity contribution in [2.75, 3.05) is 7.11 Å². The molecule has 2 aliphatic heterocycles. The highest BCUT2D eigenvalue weighted by molar-refractivity contribution is 9.09. The topological polar surface area (TPSA) is 47.6 Å². The van der Waals surface area contributed by atoms with Crippen LogP contribution >= 0.6 is 15.9 Å². The SMILES string of the molecule is CO[C@@H]1C[C@@]23Oc4c(ccc5c4CNC5=O)C[C@]2(C)[C@@H](C)CC[C@H]3C(C)(C)[C@H]1Br. The van der Waals surface area contributed by atoms with E-state index in [0.29, 0.717) is 23.2 Å². The fraction of sp³-hybridized carbons (Fsp3) is 0.708. The normalized spacial score (nSPS) is 42.1. The predicted octanol–water partition coefficient (Wildman–Crippen LogP) is 4.86. The highest BCUT2D eigenvalue weighted by Gasteiger charge is 2.69. The number of hydrogen-bond donors (Lipinski definition) is 1. The van der Waals surface area contributed by atoms with Crippen molar-refractivity contribution in [2.24, 2.45) is 22.7 Å². The maximum absolute atomic E-state index is 12.3. The van der Waals surface area contributed by atoms with Crippen molar-refractivity contribution in [1.29, 1.82) is 0 Å². The van der Waals surface area contributed by atoms with Crippen molar-refractivity contribution in [1.82, 2.24) is 5.32 Å². The number of nitrogens with one attached hydrogen (secondary N) is 1. The Morgan fingerprint density at radius 1 is 1.24 bits per heavy atom. The Labute approximate surface area is 182 Å². The summed E-state index contributed by atoms with van der Waals surface area (Å²) in [5.74, 6) is 1.99. The standard InChI is InChI=1S/C24H32BrNO3/c1-13-6-9-18-22(2,3)20(25)17(28-5)11-24(18)23(13,4)10-14-7-8-15-16(19(14)29-24)12-26-21(15)27/h7-8,13,17-18,20H,6,9-12H2,1-5H3,(H,26,27)/t13-,17+,18-,20-,23+,24-/m0/s1. The Morgan fingerprint density at radius 2 is 2.00 bits per heavy atom. The molecule has 6 atom stereocenters. The van der Waals surface area contributed by atoms with Gasteiger partial charge in [0.1, 0.15) is 11.4 Å². The quantitative estimate of drug-likeness (QED) is 0.607. The van der Waals surface area contributed by atoms with Gasteiger partial charge in [-0.25, -0.2) is 0 Å². The summed E-state index contributed by atoms with van der Waals surface area (Å²) in [6, 6.07) is 4.12. The van der Waals surface area contributed by atoms with E-state index in [-0.39, 0.29) is 28.4 Å². The van der Waals surface area contributed by atoms with Crippen LogP contribution in [-0.2, 0) is 17.7 Å². The molecule has 1 aromatic rings. The number of benzene rings is 1. The lowest BCUT2D eigenvalue weighted by atomic mass is 9.44. The lowest BCUT2D eigenvalue weighted by molar-refractivity contribution is -0.229. The zero-order valence-electron chi connectivity index (χ0n) is 18.1. The van der Waals surface area contributed by atoms with Gasteiger partial charge in [-0.3, -0.25) is 4.79 Å². The maximum atomic E-state index is 12.3. The highest BCUT2D eigenvalue weighted by Crippen LogP contribution is 2.67. The minimum Gasteiger partial charge on any atom is -0.486 e.